The van der Waals surface area contributed by atoms with Crippen molar-refractivity contribution in [2.45, 2.75) is 52.4 Å². The Hall–Kier alpha value is -3.19. The number of hydrogen-bond donors (Lipinski definition) is 3. The molecule has 3 amide bonds. The Labute approximate surface area is 262 Å². The first-order chi connectivity index (χ1) is 19.1. The molecule has 42 heavy (non-hydrogen) atoms. The van der Waals surface area contributed by atoms with Gasteiger partial charge in [-0.25, -0.2) is 19.1 Å². The number of anilines is 1. The number of nitrogens with two attached hydrogens (primary N) is 1. The number of benzene rings is 1. The second-order valence-electron chi connectivity index (χ2n) is 10.1. The number of imidazole rings is 1. The van der Waals surface area contributed by atoms with Gasteiger partial charge >= 0.3 is 0 Å². The zero-order valence-electron chi connectivity index (χ0n) is 24.2. The largest absolute Gasteiger partial charge is 1.00 e. The van der Waals surface area contributed by atoms with Crippen molar-refractivity contribution in [3.63, 3.8) is 0 Å². The number of nitrogen functional groups attached to an aromatic ring is 1. The number of likely N-dealkylation sites (tertiary alicyclic amines) is 1. The summed E-state index contributed by atoms with van der Waals surface area (Å²) in [5.74, 6) is 0.378. The quantitative estimate of drug-likeness (QED) is 0.245. The van der Waals surface area contributed by atoms with Gasteiger partial charge in [-0.2, -0.15) is 0 Å². The average Bonchev–Trinajstić information content (AvgIpc) is 3.24. The number of fused-ring (bicyclic) bond motifs is 1. The first kappa shape index (κ1) is 35.0. The highest BCUT2D eigenvalue weighted by Gasteiger charge is 2.28. The van der Waals surface area contributed by atoms with Crippen LogP contribution >= 0.6 is 24.0 Å². The second-order valence-corrected chi connectivity index (χ2v) is 10.5. The number of nitrogens with zero attached hydrogens (tertiary/aromatic N) is 6. The first-order valence-electron chi connectivity index (χ1n) is 13.5. The van der Waals surface area contributed by atoms with Crippen LogP contribution in [0.25, 0.3) is 11.0 Å². The zero-order chi connectivity index (χ0) is 29.0. The lowest BCUT2D eigenvalue weighted by molar-refractivity contribution is -0.676. The minimum atomic E-state index is -0.472. The highest BCUT2D eigenvalue weighted by molar-refractivity contribution is 6.29. The Morgan fingerprint density at radius 3 is 2.50 bits per heavy atom. The molecule has 0 aliphatic carbocycles. The van der Waals surface area contributed by atoms with Gasteiger partial charge < -0.3 is 38.6 Å². The van der Waals surface area contributed by atoms with E-state index >= 15 is 0 Å². The third-order valence-electron chi connectivity index (χ3n) is 7.06. The van der Waals surface area contributed by atoms with E-state index in [1.54, 1.807) is 0 Å². The van der Waals surface area contributed by atoms with Crippen molar-refractivity contribution in [2.75, 3.05) is 39.5 Å². The molecule has 0 spiro atoms. The summed E-state index contributed by atoms with van der Waals surface area (Å²) in [5.41, 5.74) is 8.28. The van der Waals surface area contributed by atoms with Gasteiger partial charge in [-0.05, 0) is 52.9 Å². The van der Waals surface area contributed by atoms with Crippen LogP contribution in [0.3, 0.4) is 0 Å². The molecule has 1 saturated heterocycles. The van der Waals surface area contributed by atoms with Gasteiger partial charge in [0.2, 0.25) is 5.91 Å². The van der Waals surface area contributed by atoms with Gasteiger partial charge in [-0.15, -0.1) is 12.4 Å². The maximum absolute atomic E-state index is 13.4. The summed E-state index contributed by atoms with van der Waals surface area (Å²) in [6.07, 6.45) is 2.73. The molecule has 1 aliphatic rings. The number of halogens is 3. The van der Waals surface area contributed by atoms with Crippen LogP contribution in [-0.4, -0.2) is 81.8 Å². The van der Waals surface area contributed by atoms with Crippen LogP contribution in [0, 0.1) is 0 Å². The summed E-state index contributed by atoms with van der Waals surface area (Å²) in [6, 6.07) is 5.81. The molecule has 0 saturated carbocycles. The fraction of sp³-hybridized carbons (Fsp3) is 0.481. The maximum atomic E-state index is 13.4. The van der Waals surface area contributed by atoms with Crippen LogP contribution in [0.1, 0.15) is 53.4 Å². The summed E-state index contributed by atoms with van der Waals surface area (Å²) in [7, 11) is 3.72. The van der Waals surface area contributed by atoms with E-state index in [9.17, 15) is 14.4 Å². The van der Waals surface area contributed by atoms with Gasteiger partial charge in [-0.3, -0.25) is 14.4 Å². The summed E-state index contributed by atoms with van der Waals surface area (Å²) < 4.78 is 4.21. The summed E-state index contributed by atoms with van der Waals surface area (Å²) in [6.45, 7) is 7.11. The maximum Gasteiger partial charge on any atom is 0.277 e. The number of amides is 3. The highest BCUT2D eigenvalue weighted by atomic mass is 35.5. The van der Waals surface area contributed by atoms with Gasteiger partial charge in [0.05, 0.1) is 25.8 Å². The minimum absolute atomic E-state index is 0. The Bertz CT molecular complexity index is 1420. The molecule has 0 radical (unpaired) electrons. The molecule has 0 atom stereocenters. The molecule has 15 heteroatoms. The third kappa shape index (κ3) is 7.80. The number of carbonyl (C=O) groups excluding carboxylic acids is 3. The molecular weight excluding hydrogens is 605 g/mol. The fourth-order valence-electron chi connectivity index (χ4n) is 5.18. The van der Waals surface area contributed by atoms with Gasteiger partial charge in [0, 0.05) is 30.8 Å². The molecule has 3 aromatic rings. The molecule has 230 valence electrons. The lowest BCUT2D eigenvalue weighted by Crippen LogP contribution is -3.00. The van der Waals surface area contributed by atoms with Crippen molar-refractivity contribution >= 4 is 58.6 Å². The topological polar surface area (TPSA) is 142 Å². The van der Waals surface area contributed by atoms with E-state index in [-0.39, 0.29) is 65.9 Å². The number of rotatable bonds is 9. The number of aryl methyl sites for hydroxylation is 2. The van der Waals surface area contributed by atoms with Gasteiger partial charge in [0.15, 0.2) is 22.5 Å². The first-order valence-corrected chi connectivity index (χ1v) is 13.8. The standard InChI is InChI=1S/C27H36ClN9O3.2ClH/c1-5-36-19-8-7-17(27(40)35-11-9-18(10-12-35)32-22(38)16-34(3)4)13-20(19)37(6-2)23(36)15-31-26(39)24-25(29)30-14-21(28)33-24;;/h7-8,13-14,18H,5-6,9-12,15-16H2,1-4H3,(H3-,29,30,31,32,38,39);2*1H. The minimum Gasteiger partial charge on any atom is -1.00 e. The Morgan fingerprint density at radius 1 is 1.19 bits per heavy atom. The van der Waals surface area contributed by atoms with Crippen LogP contribution < -0.4 is 33.3 Å². The number of nitrogens with one attached hydrogen (secondary N) is 2. The smallest absolute Gasteiger partial charge is 0.277 e. The Balaban J connectivity index is 0.00000308. The van der Waals surface area contributed by atoms with E-state index in [0.29, 0.717) is 38.3 Å². The lowest BCUT2D eigenvalue weighted by atomic mass is 10.0. The van der Waals surface area contributed by atoms with Gasteiger partial charge in [-0.1, -0.05) is 11.6 Å². The van der Waals surface area contributed by atoms with Crippen LogP contribution in [-0.2, 0) is 24.4 Å². The second kappa shape index (κ2) is 15.3. The summed E-state index contributed by atoms with van der Waals surface area (Å²) in [4.78, 5) is 49.9. The highest BCUT2D eigenvalue weighted by Crippen LogP contribution is 2.21. The zero-order valence-corrected chi connectivity index (χ0v) is 26.5. The summed E-state index contributed by atoms with van der Waals surface area (Å²) in [5, 5.41) is 6.03. The predicted molar refractivity (Wildman–Crippen MR) is 159 cm³/mol. The number of hydrogen-bond acceptors (Lipinski definition) is 7. The normalized spacial score (nSPS) is 13.4. The molecule has 1 aliphatic heterocycles. The Morgan fingerprint density at radius 2 is 1.88 bits per heavy atom. The van der Waals surface area contributed by atoms with Gasteiger partial charge in [0.25, 0.3) is 17.6 Å². The molecule has 2 aromatic heterocycles. The van der Waals surface area contributed by atoms with Crippen molar-refractivity contribution in [1.82, 2.24) is 35.0 Å². The molecule has 3 heterocycles. The van der Waals surface area contributed by atoms with E-state index < -0.39 is 5.91 Å². The lowest BCUT2D eigenvalue weighted by Gasteiger charge is -2.32. The van der Waals surface area contributed by atoms with Crippen LogP contribution in [0.15, 0.2) is 24.4 Å². The number of carbonyl (C=O) groups is 3. The molecule has 4 rings (SSSR count). The molecular formula is C27H38Cl3N9O3. The van der Waals surface area contributed by atoms with E-state index in [1.165, 1.54) is 6.20 Å². The molecule has 4 N–H and O–H groups in total. The van der Waals surface area contributed by atoms with Crippen molar-refractivity contribution in [3.05, 3.63) is 46.6 Å². The SMILES string of the molecule is CCn1c(CNC(=O)c2nc(Cl)cnc2N)[n+](CC)c2ccc(C(=O)N3CCC(NC(=O)CN(C)C)CC3)cc21.Cl.[Cl-]. The molecule has 1 aromatic carbocycles. The van der Waals surface area contributed by atoms with Crippen LogP contribution in [0.5, 0.6) is 0 Å². The van der Waals surface area contributed by atoms with Crippen molar-refractivity contribution in [1.29, 1.82) is 0 Å². The average molecular weight is 643 g/mol. The van der Waals surface area contributed by atoms with Crippen LogP contribution in [0.2, 0.25) is 5.15 Å². The third-order valence-corrected chi connectivity index (χ3v) is 7.24. The molecule has 0 unspecified atom stereocenters. The van der Waals surface area contributed by atoms with E-state index in [1.807, 2.05) is 55.9 Å². The number of likely N-dealkylation sites (N-methyl/N-ethyl adjacent to an activating group) is 1. The van der Waals surface area contributed by atoms with Crippen LogP contribution in [0.4, 0.5) is 5.82 Å². The number of aromatic nitrogens is 4. The predicted octanol–water partition coefficient (Wildman–Crippen LogP) is -1.37. The molecule has 12 nitrogen and oxygen atoms in total. The van der Waals surface area contributed by atoms with Crippen molar-refractivity contribution < 1.29 is 31.4 Å². The van der Waals surface area contributed by atoms with Crippen molar-refractivity contribution in [3.8, 4) is 0 Å². The fourth-order valence-corrected chi connectivity index (χ4v) is 5.31. The van der Waals surface area contributed by atoms with E-state index in [0.717, 1.165) is 29.7 Å². The van der Waals surface area contributed by atoms with Crippen molar-refractivity contribution in [2.24, 2.45) is 0 Å². The monoisotopic (exact) mass is 641 g/mol. The number of piperidine rings is 1. The Kier molecular flexibility index (Phi) is 12.8. The van der Waals surface area contributed by atoms with E-state index in [2.05, 4.69) is 29.7 Å². The van der Waals surface area contributed by atoms with Gasteiger partial charge in [0.1, 0.15) is 11.7 Å². The summed E-state index contributed by atoms with van der Waals surface area (Å²) >= 11 is 5.90. The van der Waals surface area contributed by atoms with E-state index in [4.69, 9.17) is 17.3 Å². The molecule has 1 fully saturated rings. The molecule has 0 bridgehead atoms.